The van der Waals surface area contributed by atoms with Crippen molar-refractivity contribution in [2.24, 2.45) is 0 Å². The van der Waals surface area contributed by atoms with E-state index in [0.29, 0.717) is 6.54 Å². The number of hydrogen-bond donors (Lipinski definition) is 2. The van der Waals surface area contributed by atoms with Crippen LogP contribution in [0.15, 0.2) is 23.6 Å². The fourth-order valence-corrected chi connectivity index (χ4v) is 2.08. The number of amides is 1. The Morgan fingerprint density at radius 1 is 1.92 bits per heavy atom. The number of hydrogen-bond acceptors (Lipinski definition) is 3. The van der Waals surface area contributed by atoms with Crippen molar-refractivity contribution in [2.75, 3.05) is 12.4 Å². The standard InChI is InChI=1S/C9H14N2OS/c1-3-5-10-9(12)8-7(4-2)13-6-11-8/h3-4,8,11H,1,5-6H2,2H3,(H,10,12)/b7-4-. The number of nitrogens with one attached hydrogen (secondary N) is 2. The van der Waals surface area contributed by atoms with Crippen LogP contribution in [0.1, 0.15) is 6.92 Å². The van der Waals surface area contributed by atoms with Crippen LogP contribution in [0.2, 0.25) is 0 Å². The molecule has 2 N–H and O–H groups in total. The molecule has 0 radical (unpaired) electrons. The van der Waals surface area contributed by atoms with E-state index in [1.807, 2.05) is 13.0 Å². The third kappa shape index (κ3) is 2.60. The zero-order valence-corrected chi connectivity index (χ0v) is 8.49. The van der Waals surface area contributed by atoms with E-state index < -0.39 is 0 Å². The molecule has 3 nitrogen and oxygen atoms in total. The van der Waals surface area contributed by atoms with Crippen LogP contribution in [0.25, 0.3) is 0 Å². The minimum atomic E-state index is -0.157. The van der Waals surface area contributed by atoms with Crippen molar-refractivity contribution < 1.29 is 4.79 Å². The highest BCUT2D eigenvalue weighted by Crippen LogP contribution is 2.24. The molecule has 1 aliphatic rings. The highest BCUT2D eigenvalue weighted by molar-refractivity contribution is 8.03. The van der Waals surface area contributed by atoms with Crippen LogP contribution in [0.3, 0.4) is 0 Å². The third-order valence-electron chi connectivity index (χ3n) is 1.78. The number of carbonyl (C=O) groups is 1. The van der Waals surface area contributed by atoms with Gasteiger partial charge in [0.05, 0.1) is 0 Å². The Morgan fingerprint density at radius 2 is 2.69 bits per heavy atom. The molecule has 0 spiro atoms. The maximum atomic E-state index is 11.5. The molecule has 72 valence electrons. The predicted octanol–water partition coefficient (Wildman–Crippen LogP) is 0.855. The lowest BCUT2D eigenvalue weighted by Gasteiger charge is -2.10. The first-order chi connectivity index (χ1) is 6.29. The summed E-state index contributed by atoms with van der Waals surface area (Å²) in [6, 6.07) is -0.157. The predicted molar refractivity (Wildman–Crippen MR) is 56.3 cm³/mol. The monoisotopic (exact) mass is 198 g/mol. The van der Waals surface area contributed by atoms with Crippen LogP contribution in [0.5, 0.6) is 0 Å². The summed E-state index contributed by atoms with van der Waals surface area (Å²) in [4.78, 5) is 12.6. The quantitative estimate of drug-likeness (QED) is 0.661. The van der Waals surface area contributed by atoms with Crippen LogP contribution in [0, 0.1) is 0 Å². The molecular formula is C9H14N2OS. The first-order valence-corrected chi connectivity index (χ1v) is 5.19. The molecule has 0 aromatic carbocycles. The molecule has 0 saturated carbocycles. The Hall–Kier alpha value is -0.740. The van der Waals surface area contributed by atoms with Gasteiger partial charge in [-0.25, -0.2) is 0 Å². The first kappa shape index (κ1) is 10.3. The largest absolute Gasteiger partial charge is 0.351 e. The van der Waals surface area contributed by atoms with Crippen molar-refractivity contribution >= 4 is 17.7 Å². The van der Waals surface area contributed by atoms with Gasteiger partial charge in [-0.15, -0.1) is 18.3 Å². The Balaban J connectivity index is 2.50. The second-order valence-corrected chi connectivity index (χ2v) is 3.70. The Bertz CT molecular complexity index is 238. The summed E-state index contributed by atoms with van der Waals surface area (Å²) in [6.07, 6.45) is 3.65. The average Bonchev–Trinajstić information content (AvgIpc) is 2.61. The molecule has 1 saturated heterocycles. The maximum Gasteiger partial charge on any atom is 0.242 e. The fraction of sp³-hybridized carbons (Fsp3) is 0.444. The van der Waals surface area contributed by atoms with E-state index >= 15 is 0 Å². The highest BCUT2D eigenvalue weighted by Gasteiger charge is 2.26. The molecule has 1 fully saturated rings. The zero-order valence-electron chi connectivity index (χ0n) is 7.67. The van der Waals surface area contributed by atoms with Gasteiger partial charge >= 0.3 is 0 Å². The summed E-state index contributed by atoms with van der Waals surface area (Å²) >= 11 is 1.68. The van der Waals surface area contributed by atoms with E-state index in [1.165, 1.54) is 0 Å². The van der Waals surface area contributed by atoms with Gasteiger partial charge in [0, 0.05) is 17.3 Å². The van der Waals surface area contributed by atoms with Crippen molar-refractivity contribution in [1.82, 2.24) is 10.6 Å². The van der Waals surface area contributed by atoms with E-state index in [2.05, 4.69) is 17.2 Å². The summed E-state index contributed by atoms with van der Waals surface area (Å²) in [5, 5.41) is 5.88. The molecule has 1 rings (SSSR count). The summed E-state index contributed by atoms with van der Waals surface area (Å²) in [5.74, 6) is 0.837. The van der Waals surface area contributed by atoms with E-state index in [0.717, 1.165) is 10.8 Å². The van der Waals surface area contributed by atoms with Gasteiger partial charge in [-0.05, 0) is 6.92 Å². The molecule has 1 unspecified atom stereocenters. The van der Waals surface area contributed by atoms with Gasteiger partial charge in [-0.3, -0.25) is 10.1 Å². The van der Waals surface area contributed by atoms with Gasteiger partial charge in [-0.2, -0.15) is 0 Å². The van der Waals surface area contributed by atoms with Crippen LogP contribution in [-0.2, 0) is 4.79 Å². The minimum Gasteiger partial charge on any atom is -0.351 e. The highest BCUT2D eigenvalue weighted by atomic mass is 32.2. The van der Waals surface area contributed by atoms with Crippen molar-refractivity contribution in [3.63, 3.8) is 0 Å². The Morgan fingerprint density at radius 3 is 3.31 bits per heavy atom. The molecule has 0 bridgehead atoms. The second kappa shape index (κ2) is 5.09. The Kier molecular flexibility index (Phi) is 4.05. The molecule has 0 aromatic heterocycles. The van der Waals surface area contributed by atoms with Crippen LogP contribution >= 0.6 is 11.8 Å². The molecule has 13 heavy (non-hydrogen) atoms. The minimum absolute atomic E-state index is 0.0259. The molecule has 1 amide bonds. The SMILES string of the molecule is C=CCNC(=O)C1NCS/C1=C\C. The molecular weight excluding hydrogens is 184 g/mol. The van der Waals surface area contributed by atoms with Gasteiger partial charge in [0.25, 0.3) is 0 Å². The number of thioether (sulfide) groups is 1. The van der Waals surface area contributed by atoms with Crippen molar-refractivity contribution in [1.29, 1.82) is 0 Å². The van der Waals surface area contributed by atoms with Crippen molar-refractivity contribution in [3.05, 3.63) is 23.6 Å². The topological polar surface area (TPSA) is 41.1 Å². The average molecular weight is 198 g/mol. The molecule has 0 aliphatic carbocycles. The van der Waals surface area contributed by atoms with E-state index in [9.17, 15) is 4.79 Å². The van der Waals surface area contributed by atoms with Crippen LogP contribution in [-0.4, -0.2) is 24.4 Å². The lowest BCUT2D eigenvalue weighted by atomic mass is 10.2. The van der Waals surface area contributed by atoms with E-state index in [4.69, 9.17) is 0 Å². The molecule has 1 atom stereocenters. The maximum absolute atomic E-state index is 11.5. The van der Waals surface area contributed by atoms with Gasteiger partial charge in [0.15, 0.2) is 0 Å². The normalized spacial score (nSPS) is 24.7. The lowest BCUT2D eigenvalue weighted by molar-refractivity contribution is -0.121. The van der Waals surface area contributed by atoms with Gasteiger partial charge in [0.2, 0.25) is 5.91 Å². The third-order valence-corrected chi connectivity index (χ3v) is 2.89. The van der Waals surface area contributed by atoms with Crippen LogP contribution < -0.4 is 10.6 Å². The lowest BCUT2D eigenvalue weighted by Crippen LogP contribution is -2.41. The molecule has 1 aliphatic heterocycles. The smallest absolute Gasteiger partial charge is 0.242 e. The zero-order chi connectivity index (χ0) is 9.68. The van der Waals surface area contributed by atoms with E-state index in [-0.39, 0.29) is 11.9 Å². The summed E-state index contributed by atoms with van der Waals surface area (Å²) in [5.41, 5.74) is 0. The molecule has 4 heteroatoms. The summed E-state index contributed by atoms with van der Waals surface area (Å²) < 4.78 is 0. The van der Waals surface area contributed by atoms with Gasteiger partial charge in [0.1, 0.15) is 6.04 Å². The van der Waals surface area contributed by atoms with Crippen molar-refractivity contribution in [2.45, 2.75) is 13.0 Å². The van der Waals surface area contributed by atoms with E-state index in [1.54, 1.807) is 17.8 Å². The Labute approximate surface area is 82.7 Å². The summed E-state index contributed by atoms with van der Waals surface area (Å²) in [6.45, 7) is 6.02. The number of carbonyl (C=O) groups excluding carboxylic acids is 1. The van der Waals surface area contributed by atoms with Crippen molar-refractivity contribution in [3.8, 4) is 0 Å². The van der Waals surface area contributed by atoms with Gasteiger partial charge < -0.3 is 5.32 Å². The number of rotatable bonds is 3. The fourth-order valence-electron chi connectivity index (χ4n) is 1.14. The second-order valence-electron chi connectivity index (χ2n) is 2.65. The first-order valence-electron chi connectivity index (χ1n) is 4.20. The number of allylic oxidation sites excluding steroid dienone is 1. The van der Waals surface area contributed by atoms with Gasteiger partial charge in [-0.1, -0.05) is 12.2 Å². The molecule has 1 heterocycles. The van der Waals surface area contributed by atoms with Crippen LogP contribution in [0.4, 0.5) is 0 Å². The molecule has 0 aromatic rings. The summed E-state index contributed by atoms with van der Waals surface area (Å²) in [7, 11) is 0.